The monoisotopic (exact) mass is 403 g/mol. The van der Waals surface area contributed by atoms with Crippen LogP contribution in [0.4, 0.5) is 10.5 Å². The predicted molar refractivity (Wildman–Crippen MR) is 116 cm³/mol. The number of hydrazone groups is 1. The maximum Gasteiger partial charge on any atom is 0.346 e. The largest absolute Gasteiger partial charge is 0.374 e. The SMILES string of the molecule is CN(CCC#N)c1ccc(/C=N\N2C(=O)N[C@](C)(CCc3ccccc3)C2=O)cc1. The number of benzene rings is 2. The molecule has 0 aliphatic carbocycles. The van der Waals surface area contributed by atoms with Crippen LogP contribution in [0.25, 0.3) is 0 Å². The summed E-state index contributed by atoms with van der Waals surface area (Å²) in [6.07, 6.45) is 3.13. The molecule has 7 heteroatoms. The number of nitrogens with zero attached hydrogens (tertiary/aromatic N) is 4. The molecule has 3 rings (SSSR count). The van der Waals surface area contributed by atoms with Crippen LogP contribution in [-0.2, 0) is 11.2 Å². The number of hydrogen-bond donors (Lipinski definition) is 1. The molecule has 0 bridgehead atoms. The lowest BCUT2D eigenvalue weighted by molar-refractivity contribution is -0.130. The first-order valence-corrected chi connectivity index (χ1v) is 9.86. The third-order valence-corrected chi connectivity index (χ3v) is 5.21. The number of urea groups is 1. The van der Waals surface area contributed by atoms with Crippen LogP contribution in [0, 0.1) is 11.3 Å². The first kappa shape index (κ1) is 21.1. The zero-order valence-electron chi connectivity index (χ0n) is 17.2. The van der Waals surface area contributed by atoms with Gasteiger partial charge in [0.1, 0.15) is 5.54 Å². The highest BCUT2D eigenvalue weighted by Crippen LogP contribution is 2.23. The van der Waals surface area contributed by atoms with Crippen molar-refractivity contribution >= 4 is 23.8 Å². The lowest BCUT2D eigenvalue weighted by Crippen LogP contribution is -2.44. The molecule has 0 spiro atoms. The van der Waals surface area contributed by atoms with Crippen molar-refractivity contribution in [2.75, 3.05) is 18.5 Å². The van der Waals surface area contributed by atoms with Crippen LogP contribution < -0.4 is 10.2 Å². The Morgan fingerprint density at radius 2 is 1.87 bits per heavy atom. The summed E-state index contributed by atoms with van der Waals surface area (Å²) in [5, 5.41) is 16.5. The minimum atomic E-state index is -0.975. The van der Waals surface area contributed by atoms with E-state index < -0.39 is 11.6 Å². The van der Waals surface area contributed by atoms with Crippen LogP contribution in [0.15, 0.2) is 59.7 Å². The summed E-state index contributed by atoms with van der Waals surface area (Å²) < 4.78 is 0. The van der Waals surface area contributed by atoms with Gasteiger partial charge in [0.25, 0.3) is 5.91 Å². The number of carbonyl (C=O) groups excluding carboxylic acids is 2. The van der Waals surface area contributed by atoms with Crippen LogP contribution in [0.1, 0.15) is 30.9 Å². The molecule has 1 aliphatic rings. The van der Waals surface area contributed by atoms with Crippen molar-refractivity contribution < 1.29 is 9.59 Å². The standard InChI is InChI=1S/C23H25N5O2/c1-23(14-13-18-7-4-3-5-8-18)21(29)28(22(30)26-23)25-17-19-9-11-20(12-10-19)27(2)16-6-15-24/h3-5,7-12,17H,6,13-14,16H2,1-2H3,(H,26,30)/b25-17-/t23-/m1/s1. The summed E-state index contributed by atoms with van der Waals surface area (Å²) >= 11 is 0. The van der Waals surface area contributed by atoms with Crippen molar-refractivity contribution in [3.05, 3.63) is 65.7 Å². The second-order valence-corrected chi connectivity index (χ2v) is 7.53. The van der Waals surface area contributed by atoms with Gasteiger partial charge >= 0.3 is 6.03 Å². The summed E-state index contributed by atoms with van der Waals surface area (Å²) in [7, 11) is 1.92. The molecule has 2 aromatic carbocycles. The Labute approximate surface area is 176 Å². The number of imide groups is 1. The fourth-order valence-corrected chi connectivity index (χ4v) is 3.27. The van der Waals surface area contributed by atoms with Gasteiger partial charge in [-0.1, -0.05) is 42.5 Å². The third kappa shape index (κ3) is 4.84. The van der Waals surface area contributed by atoms with E-state index in [2.05, 4.69) is 16.5 Å². The number of aryl methyl sites for hydroxylation is 1. The Morgan fingerprint density at radius 1 is 1.17 bits per heavy atom. The van der Waals surface area contributed by atoms with Gasteiger partial charge in [-0.05, 0) is 43.0 Å². The quantitative estimate of drug-likeness (QED) is 0.541. The van der Waals surface area contributed by atoms with Gasteiger partial charge in [-0.3, -0.25) is 4.79 Å². The molecule has 1 N–H and O–H groups in total. The van der Waals surface area contributed by atoms with Gasteiger partial charge in [0.2, 0.25) is 0 Å². The van der Waals surface area contributed by atoms with Gasteiger partial charge in [-0.15, -0.1) is 5.01 Å². The fraction of sp³-hybridized carbons (Fsp3) is 0.304. The van der Waals surface area contributed by atoms with E-state index in [1.807, 2.05) is 66.5 Å². The van der Waals surface area contributed by atoms with Gasteiger partial charge in [-0.25, -0.2) is 4.79 Å². The lowest BCUT2D eigenvalue weighted by Gasteiger charge is -2.20. The highest BCUT2D eigenvalue weighted by molar-refractivity contribution is 6.07. The first-order chi connectivity index (χ1) is 14.4. The summed E-state index contributed by atoms with van der Waals surface area (Å²) in [6, 6.07) is 19.0. The van der Waals surface area contributed by atoms with Crippen molar-refractivity contribution in [1.82, 2.24) is 10.3 Å². The van der Waals surface area contributed by atoms with Gasteiger partial charge in [-0.2, -0.15) is 10.4 Å². The number of anilines is 1. The third-order valence-electron chi connectivity index (χ3n) is 5.21. The highest BCUT2D eigenvalue weighted by atomic mass is 16.2. The average Bonchev–Trinajstić information content (AvgIpc) is 2.98. The Kier molecular flexibility index (Phi) is 6.48. The van der Waals surface area contributed by atoms with E-state index in [-0.39, 0.29) is 5.91 Å². The molecule has 1 saturated heterocycles. The zero-order valence-corrected chi connectivity index (χ0v) is 17.2. The van der Waals surface area contributed by atoms with Crippen LogP contribution in [0.5, 0.6) is 0 Å². The molecule has 0 aromatic heterocycles. The molecular weight excluding hydrogens is 378 g/mol. The Balaban J connectivity index is 1.63. The maximum atomic E-state index is 12.8. The molecule has 154 valence electrons. The molecule has 1 aliphatic heterocycles. The second kappa shape index (κ2) is 9.23. The molecule has 3 amide bonds. The van der Waals surface area contributed by atoms with E-state index in [1.54, 1.807) is 6.92 Å². The highest BCUT2D eigenvalue weighted by Gasteiger charge is 2.47. The first-order valence-electron chi connectivity index (χ1n) is 9.86. The Hall–Kier alpha value is -3.66. The minimum Gasteiger partial charge on any atom is -0.374 e. The topological polar surface area (TPSA) is 88.8 Å². The molecular formula is C23H25N5O2. The number of carbonyl (C=O) groups is 2. The fourth-order valence-electron chi connectivity index (χ4n) is 3.27. The number of nitriles is 1. The molecule has 30 heavy (non-hydrogen) atoms. The van der Waals surface area contributed by atoms with Crippen molar-refractivity contribution in [1.29, 1.82) is 5.26 Å². The van der Waals surface area contributed by atoms with Gasteiger partial charge in [0.05, 0.1) is 18.7 Å². The van der Waals surface area contributed by atoms with Crippen LogP contribution in [-0.4, -0.2) is 42.3 Å². The van der Waals surface area contributed by atoms with E-state index in [9.17, 15) is 9.59 Å². The van der Waals surface area contributed by atoms with Gasteiger partial charge < -0.3 is 10.2 Å². The molecule has 1 fully saturated rings. The molecule has 1 heterocycles. The van der Waals surface area contributed by atoms with E-state index >= 15 is 0 Å². The number of nitrogens with one attached hydrogen (secondary N) is 1. The van der Waals surface area contributed by atoms with Crippen molar-refractivity contribution in [2.24, 2.45) is 5.10 Å². The second-order valence-electron chi connectivity index (χ2n) is 7.53. The van der Waals surface area contributed by atoms with Gasteiger partial charge in [0, 0.05) is 19.3 Å². The number of rotatable bonds is 8. The summed E-state index contributed by atoms with van der Waals surface area (Å²) in [4.78, 5) is 27.1. The molecule has 7 nitrogen and oxygen atoms in total. The van der Waals surface area contributed by atoms with E-state index in [4.69, 9.17) is 5.26 Å². The van der Waals surface area contributed by atoms with Gasteiger partial charge in [0.15, 0.2) is 0 Å². The average molecular weight is 403 g/mol. The van der Waals surface area contributed by atoms with E-state index in [1.165, 1.54) is 6.21 Å². The smallest absolute Gasteiger partial charge is 0.346 e. The zero-order chi connectivity index (χ0) is 21.6. The number of hydrogen-bond acceptors (Lipinski definition) is 5. The Bertz CT molecular complexity index is 965. The maximum absolute atomic E-state index is 12.8. The van der Waals surface area contributed by atoms with Crippen LogP contribution in [0.2, 0.25) is 0 Å². The number of amides is 3. The van der Waals surface area contributed by atoms with Crippen molar-refractivity contribution in [3.63, 3.8) is 0 Å². The molecule has 0 radical (unpaired) electrons. The van der Waals surface area contributed by atoms with Crippen molar-refractivity contribution in [2.45, 2.75) is 31.7 Å². The summed E-state index contributed by atoms with van der Waals surface area (Å²) in [5.74, 6) is -0.354. The molecule has 1 atom stereocenters. The molecule has 2 aromatic rings. The summed E-state index contributed by atoms with van der Waals surface area (Å²) in [6.45, 7) is 2.38. The van der Waals surface area contributed by atoms with Crippen molar-refractivity contribution in [3.8, 4) is 6.07 Å². The molecule has 0 saturated carbocycles. The molecule has 0 unspecified atom stereocenters. The summed E-state index contributed by atoms with van der Waals surface area (Å²) in [5.41, 5.74) is 1.89. The van der Waals surface area contributed by atoms with Crippen LogP contribution in [0.3, 0.4) is 0 Å². The van der Waals surface area contributed by atoms with E-state index in [0.29, 0.717) is 25.8 Å². The lowest BCUT2D eigenvalue weighted by atomic mass is 9.93. The Morgan fingerprint density at radius 3 is 2.53 bits per heavy atom. The van der Waals surface area contributed by atoms with Crippen LogP contribution >= 0.6 is 0 Å². The predicted octanol–water partition coefficient (Wildman–Crippen LogP) is 3.31. The normalized spacial score (nSPS) is 18.5. The minimum absolute atomic E-state index is 0.354. The van der Waals surface area contributed by atoms with E-state index in [0.717, 1.165) is 21.8 Å².